The van der Waals surface area contributed by atoms with Crippen LogP contribution in [-0.4, -0.2) is 36.3 Å². The summed E-state index contributed by atoms with van der Waals surface area (Å²) in [7, 11) is 1.47. The molecule has 6 nitrogen and oxygen atoms in total. The first-order valence-electron chi connectivity index (χ1n) is 5.70. The number of non-ortho nitro benzene ring substituents is 1. The SMILES string of the molecule is COc1cc(N(CCO)C(C)C)cc([N+](=O)[O-])c1. The second kappa shape index (κ2) is 6.20. The second-order valence-corrected chi connectivity index (χ2v) is 4.16. The van der Waals surface area contributed by atoms with Crippen LogP contribution in [0, 0.1) is 10.1 Å². The summed E-state index contributed by atoms with van der Waals surface area (Å²) < 4.78 is 5.06. The molecule has 0 aliphatic heterocycles. The molecule has 0 aliphatic rings. The molecule has 0 radical (unpaired) electrons. The molecule has 0 atom stereocenters. The van der Waals surface area contributed by atoms with E-state index in [-0.39, 0.29) is 18.3 Å². The second-order valence-electron chi connectivity index (χ2n) is 4.16. The number of aliphatic hydroxyl groups excluding tert-OH is 1. The molecule has 0 bridgehead atoms. The van der Waals surface area contributed by atoms with Gasteiger partial charge in [0, 0.05) is 30.4 Å². The number of methoxy groups -OCH3 is 1. The van der Waals surface area contributed by atoms with Gasteiger partial charge in [-0.25, -0.2) is 0 Å². The lowest BCUT2D eigenvalue weighted by molar-refractivity contribution is -0.384. The molecule has 6 heteroatoms. The standard InChI is InChI=1S/C12H18N2O4/c1-9(2)13(4-5-15)10-6-11(14(16)17)8-12(7-10)18-3/h6-9,15H,4-5H2,1-3H3. The van der Waals surface area contributed by atoms with Gasteiger partial charge in [-0.3, -0.25) is 10.1 Å². The molecule has 100 valence electrons. The van der Waals surface area contributed by atoms with E-state index in [4.69, 9.17) is 9.84 Å². The quantitative estimate of drug-likeness (QED) is 0.619. The minimum Gasteiger partial charge on any atom is -0.496 e. The molecule has 1 N–H and O–H groups in total. The predicted molar refractivity (Wildman–Crippen MR) is 69.2 cm³/mol. The van der Waals surface area contributed by atoms with Crippen molar-refractivity contribution in [2.24, 2.45) is 0 Å². The van der Waals surface area contributed by atoms with E-state index < -0.39 is 4.92 Å². The van der Waals surface area contributed by atoms with Crippen molar-refractivity contribution in [1.82, 2.24) is 0 Å². The summed E-state index contributed by atoms with van der Waals surface area (Å²) >= 11 is 0. The van der Waals surface area contributed by atoms with Crippen molar-refractivity contribution in [2.75, 3.05) is 25.2 Å². The summed E-state index contributed by atoms with van der Waals surface area (Å²) in [4.78, 5) is 12.3. The highest BCUT2D eigenvalue weighted by atomic mass is 16.6. The van der Waals surface area contributed by atoms with Crippen LogP contribution in [0.5, 0.6) is 5.75 Å². The molecule has 1 aromatic rings. The summed E-state index contributed by atoms with van der Waals surface area (Å²) in [5, 5.41) is 19.9. The van der Waals surface area contributed by atoms with Crippen LogP contribution in [0.4, 0.5) is 11.4 Å². The third-order valence-corrected chi connectivity index (χ3v) is 2.62. The fraction of sp³-hybridized carbons (Fsp3) is 0.500. The molecule has 0 amide bonds. The number of nitrogens with zero attached hydrogens (tertiary/aromatic N) is 2. The van der Waals surface area contributed by atoms with Gasteiger partial charge in [-0.2, -0.15) is 0 Å². The molecular weight excluding hydrogens is 236 g/mol. The van der Waals surface area contributed by atoms with E-state index in [1.807, 2.05) is 18.7 Å². The Morgan fingerprint density at radius 1 is 1.44 bits per heavy atom. The van der Waals surface area contributed by atoms with E-state index in [2.05, 4.69) is 0 Å². The first kappa shape index (κ1) is 14.2. The van der Waals surface area contributed by atoms with Crippen molar-refractivity contribution in [3.8, 4) is 5.75 Å². The number of nitro benzene ring substituents is 1. The van der Waals surface area contributed by atoms with Gasteiger partial charge in [-0.05, 0) is 13.8 Å². The third-order valence-electron chi connectivity index (χ3n) is 2.62. The Hall–Kier alpha value is -1.82. The van der Waals surface area contributed by atoms with Crippen molar-refractivity contribution in [1.29, 1.82) is 0 Å². The summed E-state index contributed by atoms with van der Waals surface area (Å²) in [5.74, 6) is 0.433. The Balaban J connectivity index is 3.20. The van der Waals surface area contributed by atoms with Crippen molar-refractivity contribution >= 4 is 11.4 Å². The Morgan fingerprint density at radius 3 is 2.56 bits per heavy atom. The third kappa shape index (κ3) is 3.33. The Labute approximate surface area is 106 Å². The van der Waals surface area contributed by atoms with Gasteiger partial charge in [0.15, 0.2) is 0 Å². The molecule has 0 unspecified atom stereocenters. The van der Waals surface area contributed by atoms with Crippen LogP contribution in [0.2, 0.25) is 0 Å². The Bertz CT molecular complexity index is 421. The highest BCUT2D eigenvalue weighted by molar-refractivity contribution is 5.58. The molecule has 0 aliphatic carbocycles. The van der Waals surface area contributed by atoms with Gasteiger partial charge in [0.1, 0.15) is 5.75 Å². The van der Waals surface area contributed by atoms with E-state index in [9.17, 15) is 10.1 Å². The lowest BCUT2D eigenvalue weighted by atomic mass is 10.2. The molecular formula is C12H18N2O4. The van der Waals surface area contributed by atoms with Gasteiger partial charge in [-0.15, -0.1) is 0 Å². The number of anilines is 1. The van der Waals surface area contributed by atoms with Crippen LogP contribution in [-0.2, 0) is 0 Å². The molecule has 0 saturated heterocycles. The molecule has 0 heterocycles. The summed E-state index contributed by atoms with van der Waals surface area (Å²) in [6.07, 6.45) is 0. The van der Waals surface area contributed by atoms with Crippen molar-refractivity contribution in [2.45, 2.75) is 19.9 Å². The van der Waals surface area contributed by atoms with E-state index in [0.29, 0.717) is 18.0 Å². The van der Waals surface area contributed by atoms with Crippen LogP contribution >= 0.6 is 0 Å². The normalized spacial score (nSPS) is 10.5. The molecule has 1 aromatic carbocycles. The maximum absolute atomic E-state index is 10.9. The van der Waals surface area contributed by atoms with Crippen molar-refractivity contribution < 1.29 is 14.8 Å². The summed E-state index contributed by atoms with van der Waals surface area (Å²) in [5.41, 5.74) is 0.651. The molecule has 0 fully saturated rings. The van der Waals surface area contributed by atoms with Gasteiger partial charge in [0.2, 0.25) is 0 Å². The largest absolute Gasteiger partial charge is 0.496 e. The van der Waals surface area contributed by atoms with E-state index in [0.717, 1.165) is 0 Å². The zero-order chi connectivity index (χ0) is 13.7. The summed E-state index contributed by atoms with van der Waals surface area (Å²) in [6, 6.07) is 4.71. The topological polar surface area (TPSA) is 75.8 Å². The average molecular weight is 254 g/mol. The molecule has 18 heavy (non-hydrogen) atoms. The van der Waals surface area contributed by atoms with Crippen molar-refractivity contribution in [3.05, 3.63) is 28.3 Å². The predicted octanol–water partition coefficient (Wildman–Crippen LogP) is 1.81. The van der Waals surface area contributed by atoms with Crippen molar-refractivity contribution in [3.63, 3.8) is 0 Å². The fourth-order valence-corrected chi connectivity index (χ4v) is 1.75. The number of rotatable bonds is 6. The smallest absolute Gasteiger partial charge is 0.275 e. The number of hydrogen-bond donors (Lipinski definition) is 1. The first-order chi connectivity index (χ1) is 8.49. The highest BCUT2D eigenvalue weighted by Gasteiger charge is 2.16. The van der Waals surface area contributed by atoms with Gasteiger partial charge in [0.05, 0.1) is 24.7 Å². The maximum Gasteiger partial charge on any atom is 0.275 e. The molecule has 0 aromatic heterocycles. The highest BCUT2D eigenvalue weighted by Crippen LogP contribution is 2.29. The van der Waals surface area contributed by atoms with Crippen LogP contribution in [0.1, 0.15) is 13.8 Å². The van der Waals surface area contributed by atoms with E-state index in [1.165, 1.54) is 19.2 Å². The minimum absolute atomic E-state index is 0.0107. The van der Waals surface area contributed by atoms with Gasteiger partial charge in [-0.1, -0.05) is 0 Å². The van der Waals surface area contributed by atoms with Gasteiger partial charge < -0.3 is 14.7 Å². The zero-order valence-corrected chi connectivity index (χ0v) is 10.8. The first-order valence-corrected chi connectivity index (χ1v) is 5.70. The van der Waals surface area contributed by atoms with Crippen LogP contribution < -0.4 is 9.64 Å². The monoisotopic (exact) mass is 254 g/mol. The molecule has 1 rings (SSSR count). The molecule has 0 spiro atoms. The fourth-order valence-electron chi connectivity index (χ4n) is 1.75. The number of aliphatic hydroxyl groups is 1. The van der Waals surface area contributed by atoms with Crippen LogP contribution in [0.15, 0.2) is 18.2 Å². The summed E-state index contributed by atoms with van der Waals surface area (Å²) in [6.45, 7) is 4.33. The van der Waals surface area contributed by atoms with Crippen LogP contribution in [0.3, 0.4) is 0 Å². The lowest BCUT2D eigenvalue weighted by Gasteiger charge is -2.28. The zero-order valence-electron chi connectivity index (χ0n) is 10.8. The molecule has 0 saturated carbocycles. The van der Waals surface area contributed by atoms with E-state index >= 15 is 0 Å². The maximum atomic E-state index is 10.9. The van der Waals surface area contributed by atoms with Gasteiger partial charge >= 0.3 is 0 Å². The number of benzene rings is 1. The Morgan fingerprint density at radius 2 is 2.11 bits per heavy atom. The van der Waals surface area contributed by atoms with Crippen LogP contribution in [0.25, 0.3) is 0 Å². The average Bonchev–Trinajstić information content (AvgIpc) is 2.34. The number of hydrogen-bond acceptors (Lipinski definition) is 5. The Kier molecular flexibility index (Phi) is 4.91. The van der Waals surface area contributed by atoms with Gasteiger partial charge in [0.25, 0.3) is 5.69 Å². The van der Waals surface area contributed by atoms with E-state index in [1.54, 1.807) is 6.07 Å². The minimum atomic E-state index is -0.455. The lowest BCUT2D eigenvalue weighted by Crippen LogP contribution is -2.33. The number of nitro groups is 1. The number of ether oxygens (including phenoxy) is 1.